The van der Waals surface area contributed by atoms with Crippen LogP contribution in [0.2, 0.25) is 0 Å². The molecule has 3 rings (SSSR count). The Kier molecular flexibility index (Phi) is 3.86. The van der Waals surface area contributed by atoms with Gasteiger partial charge in [-0.05, 0) is 29.7 Å². The van der Waals surface area contributed by atoms with Crippen molar-refractivity contribution in [1.82, 2.24) is 4.98 Å². The smallest absolute Gasteiger partial charge is 0.130 e. The Morgan fingerprint density at radius 2 is 1.81 bits per heavy atom. The van der Waals surface area contributed by atoms with Gasteiger partial charge in [0.2, 0.25) is 0 Å². The average molecular weight is 358 g/mol. The number of halogens is 1. The molecule has 0 amide bonds. The Balaban J connectivity index is 1.98. The minimum Gasteiger partial charge on any atom is -0.389 e. The average Bonchev–Trinajstić information content (AvgIpc) is 2.51. The SMILES string of the molecule is NC(=S)c1ccc(Nc2ccc(Br)c3ccccc23)nc1. The summed E-state index contributed by atoms with van der Waals surface area (Å²) in [5.74, 6) is 0.752. The summed E-state index contributed by atoms with van der Waals surface area (Å²) in [5, 5.41) is 5.61. The molecule has 0 spiro atoms. The third-order valence-electron chi connectivity index (χ3n) is 3.18. The molecule has 1 aromatic heterocycles. The molecule has 0 saturated heterocycles. The molecule has 0 aliphatic heterocycles. The predicted molar refractivity (Wildman–Crippen MR) is 95.1 cm³/mol. The van der Waals surface area contributed by atoms with Crippen LogP contribution in [0.4, 0.5) is 11.5 Å². The quantitative estimate of drug-likeness (QED) is 0.683. The van der Waals surface area contributed by atoms with Crippen molar-refractivity contribution in [3.05, 3.63) is 64.8 Å². The maximum Gasteiger partial charge on any atom is 0.130 e. The first-order chi connectivity index (χ1) is 10.1. The molecule has 3 nitrogen and oxygen atoms in total. The van der Waals surface area contributed by atoms with Gasteiger partial charge in [-0.15, -0.1) is 0 Å². The van der Waals surface area contributed by atoms with Crippen LogP contribution >= 0.6 is 28.1 Å². The van der Waals surface area contributed by atoms with E-state index in [1.54, 1.807) is 6.20 Å². The maximum absolute atomic E-state index is 5.57. The van der Waals surface area contributed by atoms with Crippen LogP contribution in [0.5, 0.6) is 0 Å². The minimum absolute atomic E-state index is 0.350. The summed E-state index contributed by atoms with van der Waals surface area (Å²) >= 11 is 8.50. The van der Waals surface area contributed by atoms with Crippen molar-refractivity contribution in [2.24, 2.45) is 5.73 Å². The number of nitrogens with two attached hydrogens (primary N) is 1. The van der Waals surface area contributed by atoms with Gasteiger partial charge in [0.05, 0.1) is 0 Å². The topological polar surface area (TPSA) is 50.9 Å². The Morgan fingerprint density at radius 1 is 1.05 bits per heavy atom. The van der Waals surface area contributed by atoms with E-state index >= 15 is 0 Å². The molecule has 0 aliphatic carbocycles. The van der Waals surface area contributed by atoms with Crippen molar-refractivity contribution >= 4 is 55.4 Å². The fourth-order valence-corrected chi connectivity index (χ4v) is 2.72. The van der Waals surface area contributed by atoms with Gasteiger partial charge in [-0.2, -0.15) is 0 Å². The molecular weight excluding hydrogens is 346 g/mol. The Hall–Kier alpha value is -1.98. The molecule has 0 radical (unpaired) electrons. The van der Waals surface area contributed by atoms with Gasteiger partial charge in [0.15, 0.2) is 0 Å². The lowest BCUT2D eigenvalue weighted by molar-refractivity contribution is 1.30. The lowest BCUT2D eigenvalue weighted by atomic mass is 10.1. The first-order valence-electron chi connectivity index (χ1n) is 6.35. The molecule has 104 valence electrons. The van der Waals surface area contributed by atoms with Crippen molar-refractivity contribution in [3.63, 3.8) is 0 Å². The van der Waals surface area contributed by atoms with Crippen LogP contribution in [0.15, 0.2) is 59.2 Å². The van der Waals surface area contributed by atoms with E-state index in [2.05, 4.69) is 38.4 Å². The maximum atomic E-state index is 5.57. The van der Waals surface area contributed by atoms with E-state index in [1.165, 1.54) is 0 Å². The molecule has 21 heavy (non-hydrogen) atoms. The molecule has 0 atom stereocenters. The van der Waals surface area contributed by atoms with Crippen LogP contribution in [0, 0.1) is 0 Å². The highest BCUT2D eigenvalue weighted by Gasteiger charge is 2.05. The van der Waals surface area contributed by atoms with Crippen LogP contribution in [-0.4, -0.2) is 9.97 Å². The summed E-state index contributed by atoms with van der Waals surface area (Å²) in [7, 11) is 0. The van der Waals surface area contributed by atoms with Crippen molar-refractivity contribution in [3.8, 4) is 0 Å². The van der Waals surface area contributed by atoms with Gasteiger partial charge in [0.1, 0.15) is 10.8 Å². The zero-order valence-electron chi connectivity index (χ0n) is 11.0. The molecule has 5 heteroatoms. The Morgan fingerprint density at radius 3 is 2.48 bits per heavy atom. The third-order valence-corrected chi connectivity index (χ3v) is 4.11. The number of aromatic nitrogens is 1. The molecule has 0 aliphatic rings. The Bertz CT molecular complexity index is 815. The summed E-state index contributed by atoms with van der Waals surface area (Å²) in [6.45, 7) is 0. The molecule has 0 fully saturated rings. The Labute approximate surface area is 136 Å². The van der Waals surface area contributed by atoms with Crippen LogP contribution in [0.1, 0.15) is 5.56 Å². The minimum atomic E-state index is 0.350. The van der Waals surface area contributed by atoms with Crippen LogP contribution in [0.25, 0.3) is 10.8 Å². The summed E-state index contributed by atoms with van der Waals surface area (Å²) in [5.41, 5.74) is 7.34. The number of benzene rings is 2. The second kappa shape index (κ2) is 5.79. The highest BCUT2D eigenvalue weighted by molar-refractivity contribution is 9.10. The van der Waals surface area contributed by atoms with Gasteiger partial charge in [0.25, 0.3) is 0 Å². The first-order valence-corrected chi connectivity index (χ1v) is 7.55. The van der Waals surface area contributed by atoms with E-state index in [0.29, 0.717) is 4.99 Å². The number of hydrogen-bond donors (Lipinski definition) is 2. The zero-order valence-corrected chi connectivity index (χ0v) is 13.4. The number of nitrogens with zero attached hydrogens (tertiary/aromatic N) is 1. The highest BCUT2D eigenvalue weighted by Crippen LogP contribution is 2.31. The largest absolute Gasteiger partial charge is 0.389 e. The van der Waals surface area contributed by atoms with Gasteiger partial charge in [-0.1, -0.05) is 52.4 Å². The van der Waals surface area contributed by atoms with E-state index in [4.69, 9.17) is 18.0 Å². The number of pyridine rings is 1. The van der Waals surface area contributed by atoms with Gasteiger partial charge in [0, 0.05) is 27.3 Å². The van der Waals surface area contributed by atoms with E-state index in [-0.39, 0.29) is 0 Å². The standard InChI is InChI=1S/C16H12BrN3S/c17-13-6-7-14(12-4-2-1-3-11(12)13)20-15-8-5-10(9-19-15)16(18)21/h1-9H,(H2,18,21)(H,19,20). The fourth-order valence-electron chi connectivity index (χ4n) is 2.12. The predicted octanol–water partition coefficient (Wildman–Crippen LogP) is 4.38. The molecule has 1 heterocycles. The summed E-state index contributed by atoms with van der Waals surface area (Å²) in [6, 6.07) is 16.0. The molecule has 3 N–H and O–H groups in total. The number of thiocarbonyl (C=S) groups is 1. The van der Waals surface area contributed by atoms with E-state index in [0.717, 1.165) is 32.3 Å². The molecular formula is C16H12BrN3S. The highest BCUT2D eigenvalue weighted by atomic mass is 79.9. The number of fused-ring (bicyclic) bond motifs is 1. The number of anilines is 2. The van der Waals surface area contributed by atoms with E-state index < -0.39 is 0 Å². The van der Waals surface area contributed by atoms with Gasteiger partial charge in [-0.3, -0.25) is 0 Å². The van der Waals surface area contributed by atoms with Gasteiger partial charge in [-0.25, -0.2) is 4.98 Å². The van der Waals surface area contributed by atoms with Crippen molar-refractivity contribution in [1.29, 1.82) is 0 Å². The molecule has 0 bridgehead atoms. The number of hydrogen-bond acceptors (Lipinski definition) is 3. The monoisotopic (exact) mass is 357 g/mol. The van der Waals surface area contributed by atoms with Crippen LogP contribution in [0.3, 0.4) is 0 Å². The lowest BCUT2D eigenvalue weighted by Crippen LogP contribution is -2.09. The summed E-state index contributed by atoms with van der Waals surface area (Å²) in [4.78, 5) is 4.68. The van der Waals surface area contributed by atoms with E-state index in [1.807, 2.05) is 36.4 Å². The second-order valence-electron chi connectivity index (χ2n) is 4.56. The number of nitrogens with one attached hydrogen (secondary N) is 1. The third kappa shape index (κ3) is 2.89. The molecule has 2 aromatic carbocycles. The lowest BCUT2D eigenvalue weighted by Gasteiger charge is -2.10. The van der Waals surface area contributed by atoms with Crippen molar-refractivity contribution < 1.29 is 0 Å². The zero-order chi connectivity index (χ0) is 14.8. The second-order valence-corrected chi connectivity index (χ2v) is 5.86. The van der Waals surface area contributed by atoms with Crippen molar-refractivity contribution in [2.45, 2.75) is 0 Å². The number of rotatable bonds is 3. The molecule has 0 saturated carbocycles. The van der Waals surface area contributed by atoms with Crippen LogP contribution < -0.4 is 11.1 Å². The summed E-state index contributed by atoms with van der Waals surface area (Å²) < 4.78 is 1.07. The van der Waals surface area contributed by atoms with E-state index in [9.17, 15) is 0 Å². The van der Waals surface area contributed by atoms with Gasteiger partial charge < -0.3 is 11.1 Å². The fraction of sp³-hybridized carbons (Fsp3) is 0. The normalized spacial score (nSPS) is 10.5. The molecule has 0 unspecified atom stereocenters. The van der Waals surface area contributed by atoms with Crippen molar-refractivity contribution in [2.75, 3.05) is 5.32 Å². The first kappa shape index (κ1) is 14.0. The van der Waals surface area contributed by atoms with Gasteiger partial charge >= 0.3 is 0 Å². The summed E-state index contributed by atoms with van der Waals surface area (Å²) in [6.07, 6.45) is 1.67. The van der Waals surface area contributed by atoms with Crippen LogP contribution in [-0.2, 0) is 0 Å². The molecule has 3 aromatic rings.